The first-order chi connectivity index (χ1) is 11.2. The molecule has 5 heteroatoms. The third-order valence-electron chi connectivity index (χ3n) is 5.68. The Balaban J connectivity index is 1.43. The van der Waals surface area contributed by atoms with Crippen molar-refractivity contribution in [2.75, 3.05) is 32.8 Å². The monoisotopic (exact) mass is 318 g/mol. The van der Waals surface area contributed by atoms with E-state index in [-0.39, 0.29) is 11.5 Å². The van der Waals surface area contributed by atoms with Crippen molar-refractivity contribution in [2.45, 2.75) is 50.7 Å². The maximum absolute atomic E-state index is 12.6. The Morgan fingerprint density at radius 2 is 2.09 bits per heavy atom. The van der Waals surface area contributed by atoms with Gasteiger partial charge in [0.05, 0.1) is 12.1 Å². The van der Waals surface area contributed by atoms with Crippen molar-refractivity contribution in [3.63, 3.8) is 0 Å². The van der Waals surface area contributed by atoms with Crippen LogP contribution in [0.1, 0.15) is 48.4 Å². The lowest BCUT2D eigenvalue weighted by atomic mass is 9.89. The average Bonchev–Trinajstić information content (AvgIpc) is 3.28. The van der Waals surface area contributed by atoms with E-state index in [4.69, 9.17) is 9.15 Å². The van der Waals surface area contributed by atoms with Gasteiger partial charge in [0.2, 0.25) is 0 Å². The van der Waals surface area contributed by atoms with Crippen LogP contribution in [0.5, 0.6) is 0 Å². The molecule has 0 bridgehead atoms. The van der Waals surface area contributed by atoms with Crippen LogP contribution in [0.3, 0.4) is 0 Å². The summed E-state index contributed by atoms with van der Waals surface area (Å²) in [6, 6.07) is 4.25. The fraction of sp³-hybridized carbons (Fsp3) is 0.722. The second-order valence-corrected chi connectivity index (χ2v) is 7.31. The minimum Gasteiger partial charge on any atom is -0.456 e. The Morgan fingerprint density at radius 1 is 1.26 bits per heavy atom. The van der Waals surface area contributed by atoms with E-state index in [1.807, 2.05) is 17.9 Å². The number of amides is 1. The van der Waals surface area contributed by atoms with Gasteiger partial charge >= 0.3 is 0 Å². The zero-order chi connectivity index (χ0) is 15.9. The number of aryl methyl sites for hydroxylation is 1. The molecule has 0 saturated carbocycles. The number of nitrogens with zero attached hydrogens (tertiary/aromatic N) is 2. The number of hydrogen-bond donors (Lipinski definition) is 0. The second-order valence-electron chi connectivity index (χ2n) is 7.31. The molecule has 23 heavy (non-hydrogen) atoms. The van der Waals surface area contributed by atoms with Crippen LogP contribution in [0.2, 0.25) is 0 Å². The summed E-state index contributed by atoms with van der Waals surface area (Å²) in [4.78, 5) is 17.1. The molecule has 0 unspecified atom stereocenters. The Morgan fingerprint density at radius 3 is 2.83 bits per heavy atom. The molecule has 1 amide bonds. The fourth-order valence-corrected chi connectivity index (χ4v) is 4.43. The first-order valence-electron chi connectivity index (χ1n) is 8.89. The first-order valence-corrected chi connectivity index (χ1v) is 8.89. The van der Waals surface area contributed by atoms with Gasteiger partial charge in [0.1, 0.15) is 5.76 Å². The normalized spacial score (nSPS) is 32.0. The van der Waals surface area contributed by atoms with E-state index in [1.54, 1.807) is 6.07 Å². The van der Waals surface area contributed by atoms with Crippen molar-refractivity contribution in [3.8, 4) is 0 Å². The van der Waals surface area contributed by atoms with E-state index < -0.39 is 0 Å². The van der Waals surface area contributed by atoms with Crippen LogP contribution >= 0.6 is 0 Å². The third-order valence-corrected chi connectivity index (χ3v) is 5.68. The topological polar surface area (TPSA) is 45.9 Å². The van der Waals surface area contributed by atoms with Gasteiger partial charge in [0.15, 0.2) is 5.76 Å². The van der Waals surface area contributed by atoms with Crippen molar-refractivity contribution in [3.05, 3.63) is 23.7 Å². The lowest BCUT2D eigenvalue weighted by molar-refractivity contribution is -0.0946. The van der Waals surface area contributed by atoms with Gasteiger partial charge in [-0.3, -0.25) is 4.79 Å². The molecule has 4 rings (SSSR count). The summed E-state index contributed by atoms with van der Waals surface area (Å²) in [7, 11) is 0. The van der Waals surface area contributed by atoms with Crippen molar-refractivity contribution < 1.29 is 13.9 Å². The van der Waals surface area contributed by atoms with Crippen LogP contribution in [0.25, 0.3) is 0 Å². The van der Waals surface area contributed by atoms with E-state index in [1.165, 1.54) is 25.9 Å². The van der Waals surface area contributed by atoms with E-state index >= 15 is 0 Å². The number of ether oxygens (including phenoxy) is 1. The minimum atomic E-state index is -0.136. The number of rotatable bonds is 2. The van der Waals surface area contributed by atoms with Gasteiger partial charge in [-0.2, -0.15) is 0 Å². The van der Waals surface area contributed by atoms with Gasteiger partial charge in [-0.05, 0) is 64.3 Å². The molecule has 2 atom stereocenters. The first kappa shape index (κ1) is 15.2. The van der Waals surface area contributed by atoms with Crippen molar-refractivity contribution in [1.82, 2.24) is 9.80 Å². The molecule has 5 nitrogen and oxygen atoms in total. The SMILES string of the molecule is Cc1ccc(C(=O)N2CC[C@@]3(C[C@H](N4CCCC4)CCO3)C2)o1. The third kappa shape index (κ3) is 2.92. The van der Waals surface area contributed by atoms with Crippen LogP contribution in [-0.4, -0.2) is 60.1 Å². The molecule has 3 aliphatic heterocycles. The zero-order valence-electron chi connectivity index (χ0n) is 13.9. The molecule has 3 fully saturated rings. The predicted octanol–water partition coefficient (Wildman–Crippen LogP) is 2.45. The molecule has 0 N–H and O–H groups in total. The summed E-state index contributed by atoms with van der Waals surface area (Å²) < 4.78 is 11.7. The molecule has 0 aromatic carbocycles. The largest absolute Gasteiger partial charge is 0.456 e. The summed E-state index contributed by atoms with van der Waals surface area (Å²) in [6.07, 6.45) is 5.80. The fourth-order valence-electron chi connectivity index (χ4n) is 4.43. The highest BCUT2D eigenvalue weighted by Gasteiger charge is 2.46. The van der Waals surface area contributed by atoms with Crippen LogP contribution in [-0.2, 0) is 4.74 Å². The Kier molecular flexibility index (Phi) is 3.93. The molecule has 1 aromatic heterocycles. The van der Waals surface area contributed by atoms with Crippen molar-refractivity contribution in [1.29, 1.82) is 0 Å². The van der Waals surface area contributed by atoms with Crippen LogP contribution < -0.4 is 0 Å². The molecule has 1 spiro atoms. The summed E-state index contributed by atoms with van der Waals surface area (Å²) in [5.74, 6) is 1.23. The van der Waals surface area contributed by atoms with E-state index in [2.05, 4.69) is 4.90 Å². The van der Waals surface area contributed by atoms with Crippen LogP contribution in [0.15, 0.2) is 16.5 Å². The van der Waals surface area contributed by atoms with Crippen LogP contribution in [0, 0.1) is 6.92 Å². The number of carbonyl (C=O) groups is 1. The van der Waals surface area contributed by atoms with E-state index in [0.717, 1.165) is 38.2 Å². The molecule has 1 aromatic rings. The maximum Gasteiger partial charge on any atom is 0.289 e. The number of likely N-dealkylation sites (tertiary alicyclic amines) is 2. The van der Waals surface area contributed by atoms with Crippen LogP contribution in [0.4, 0.5) is 0 Å². The summed E-state index contributed by atoms with van der Waals surface area (Å²) in [6.45, 7) is 6.63. The predicted molar refractivity (Wildman–Crippen MR) is 86.5 cm³/mol. The van der Waals surface area contributed by atoms with E-state index in [9.17, 15) is 4.79 Å². The maximum atomic E-state index is 12.6. The molecular formula is C18H26N2O3. The van der Waals surface area contributed by atoms with Gasteiger partial charge in [0, 0.05) is 19.2 Å². The molecule has 4 heterocycles. The molecule has 0 aliphatic carbocycles. The van der Waals surface area contributed by atoms with Gasteiger partial charge in [-0.15, -0.1) is 0 Å². The molecule has 3 aliphatic rings. The summed E-state index contributed by atoms with van der Waals surface area (Å²) in [5.41, 5.74) is -0.136. The quantitative estimate of drug-likeness (QED) is 0.840. The van der Waals surface area contributed by atoms with Gasteiger partial charge in [-0.25, -0.2) is 0 Å². The highest BCUT2D eigenvalue weighted by Crippen LogP contribution is 2.37. The number of hydrogen-bond acceptors (Lipinski definition) is 4. The lowest BCUT2D eigenvalue weighted by Crippen LogP contribution is -2.49. The van der Waals surface area contributed by atoms with Gasteiger partial charge < -0.3 is 19.0 Å². The van der Waals surface area contributed by atoms with Gasteiger partial charge in [-0.1, -0.05) is 0 Å². The Bertz CT molecular complexity index is 579. The minimum absolute atomic E-state index is 0.00173. The summed E-state index contributed by atoms with van der Waals surface area (Å²) in [5, 5.41) is 0. The van der Waals surface area contributed by atoms with Gasteiger partial charge in [0.25, 0.3) is 5.91 Å². The number of carbonyl (C=O) groups excluding carboxylic acids is 1. The van der Waals surface area contributed by atoms with Crippen molar-refractivity contribution in [2.24, 2.45) is 0 Å². The highest BCUT2D eigenvalue weighted by molar-refractivity contribution is 5.91. The average molecular weight is 318 g/mol. The molecule has 3 saturated heterocycles. The lowest BCUT2D eigenvalue weighted by Gasteiger charge is -2.41. The molecule has 126 valence electrons. The summed E-state index contributed by atoms with van der Waals surface area (Å²) >= 11 is 0. The smallest absolute Gasteiger partial charge is 0.289 e. The zero-order valence-corrected chi connectivity index (χ0v) is 13.9. The highest BCUT2D eigenvalue weighted by atomic mass is 16.5. The molecule has 0 radical (unpaired) electrons. The standard InChI is InChI=1S/C18H26N2O3/c1-14-4-5-16(23-14)17(21)20-10-7-18(13-20)12-15(6-11-22-18)19-8-2-3-9-19/h4-5,15H,2-3,6-13H2,1H3/t15-,18-/m1/s1. The number of furan rings is 1. The Labute approximate surface area is 137 Å². The Hall–Kier alpha value is -1.33. The van der Waals surface area contributed by atoms with Crippen molar-refractivity contribution >= 4 is 5.91 Å². The second kappa shape index (κ2) is 5.95. The van der Waals surface area contributed by atoms with E-state index in [0.29, 0.717) is 18.3 Å². The molecular weight excluding hydrogens is 292 g/mol.